The Kier molecular flexibility index (Phi) is 3.57. The minimum Gasteiger partial charge on any atom is -0.392 e. The number of aliphatic hydroxyl groups is 1. The fraction of sp³-hybridized carbons (Fsp3) is 1.00. The molecule has 3 nitrogen and oxygen atoms in total. The first-order valence-corrected chi connectivity index (χ1v) is 6.58. The molecule has 2 unspecified atom stereocenters. The molecule has 94 valence electrons. The molecule has 1 saturated heterocycles. The molecule has 2 fully saturated rings. The third-order valence-corrected chi connectivity index (χ3v) is 4.50. The van der Waals surface area contributed by atoms with Gasteiger partial charge in [0.25, 0.3) is 0 Å². The van der Waals surface area contributed by atoms with Gasteiger partial charge in [0.15, 0.2) is 0 Å². The van der Waals surface area contributed by atoms with E-state index in [1.54, 1.807) is 0 Å². The van der Waals surface area contributed by atoms with Gasteiger partial charge in [0.05, 0.1) is 6.10 Å². The predicted molar refractivity (Wildman–Crippen MR) is 66.4 cm³/mol. The van der Waals surface area contributed by atoms with Gasteiger partial charge in [0.1, 0.15) is 0 Å². The highest BCUT2D eigenvalue weighted by molar-refractivity contribution is 4.92. The summed E-state index contributed by atoms with van der Waals surface area (Å²) in [6, 6.07) is 0. The van der Waals surface area contributed by atoms with E-state index in [1.807, 2.05) is 0 Å². The van der Waals surface area contributed by atoms with Crippen molar-refractivity contribution in [2.45, 2.75) is 32.8 Å². The van der Waals surface area contributed by atoms with E-state index in [0.717, 1.165) is 6.54 Å². The first-order valence-electron chi connectivity index (χ1n) is 6.58. The van der Waals surface area contributed by atoms with E-state index >= 15 is 0 Å². The number of hydrogen-bond donors (Lipinski definition) is 1. The Labute approximate surface area is 99.4 Å². The topological polar surface area (TPSA) is 26.7 Å². The minimum atomic E-state index is -0.104. The summed E-state index contributed by atoms with van der Waals surface area (Å²) in [7, 11) is 2.19. The quantitative estimate of drug-likeness (QED) is 0.762. The number of aliphatic hydroxyl groups excluding tert-OH is 1. The third-order valence-electron chi connectivity index (χ3n) is 4.50. The lowest BCUT2D eigenvalue weighted by Crippen LogP contribution is -2.47. The molecule has 1 heterocycles. The number of piperazine rings is 1. The van der Waals surface area contributed by atoms with Crippen LogP contribution in [-0.2, 0) is 0 Å². The van der Waals surface area contributed by atoms with Crippen LogP contribution in [0.3, 0.4) is 0 Å². The van der Waals surface area contributed by atoms with Gasteiger partial charge in [0.2, 0.25) is 0 Å². The molecule has 0 aromatic heterocycles. The van der Waals surface area contributed by atoms with E-state index in [4.69, 9.17) is 0 Å². The summed E-state index contributed by atoms with van der Waals surface area (Å²) in [5, 5.41) is 10.3. The Hall–Kier alpha value is -0.120. The molecule has 1 aliphatic carbocycles. The van der Waals surface area contributed by atoms with Crippen LogP contribution in [0.2, 0.25) is 0 Å². The van der Waals surface area contributed by atoms with E-state index in [0.29, 0.717) is 5.92 Å². The molecule has 1 N–H and O–H groups in total. The van der Waals surface area contributed by atoms with Crippen molar-refractivity contribution in [2.24, 2.45) is 11.3 Å². The van der Waals surface area contributed by atoms with Gasteiger partial charge in [-0.2, -0.15) is 0 Å². The Morgan fingerprint density at radius 3 is 2.31 bits per heavy atom. The van der Waals surface area contributed by atoms with E-state index in [-0.39, 0.29) is 11.5 Å². The fourth-order valence-electron chi connectivity index (χ4n) is 3.05. The summed E-state index contributed by atoms with van der Waals surface area (Å²) < 4.78 is 0. The zero-order chi connectivity index (χ0) is 11.8. The van der Waals surface area contributed by atoms with Gasteiger partial charge in [-0.25, -0.2) is 0 Å². The summed E-state index contributed by atoms with van der Waals surface area (Å²) in [4.78, 5) is 4.90. The highest BCUT2D eigenvalue weighted by Crippen LogP contribution is 2.41. The third kappa shape index (κ3) is 2.58. The van der Waals surface area contributed by atoms with Gasteiger partial charge >= 0.3 is 0 Å². The molecule has 0 aromatic carbocycles. The second-order valence-electron chi connectivity index (χ2n) is 6.34. The van der Waals surface area contributed by atoms with Gasteiger partial charge in [-0.1, -0.05) is 13.8 Å². The first kappa shape index (κ1) is 12.3. The van der Waals surface area contributed by atoms with Crippen LogP contribution in [0.1, 0.15) is 26.7 Å². The van der Waals surface area contributed by atoms with E-state index < -0.39 is 0 Å². The Morgan fingerprint density at radius 1 is 1.19 bits per heavy atom. The molecule has 3 heteroatoms. The minimum absolute atomic E-state index is 0.104. The average Bonchev–Trinajstić information content (AvgIpc) is 2.49. The smallest absolute Gasteiger partial charge is 0.0631 e. The summed E-state index contributed by atoms with van der Waals surface area (Å²) >= 11 is 0. The van der Waals surface area contributed by atoms with Crippen molar-refractivity contribution in [1.29, 1.82) is 0 Å². The number of rotatable bonds is 2. The molecule has 0 spiro atoms. The van der Waals surface area contributed by atoms with Crippen LogP contribution in [0.15, 0.2) is 0 Å². The second kappa shape index (κ2) is 4.63. The largest absolute Gasteiger partial charge is 0.392 e. The van der Waals surface area contributed by atoms with Gasteiger partial charge in [-0.05, 0) is 31.2 Å². The molecule has 2 aliphatic rings. The summed E-state index contributed by atoms with van der Waals surface area (Å²) in [5.41, 5.74) is 0.136. The fourth-order valence-corrected chi connectivity index (χ4v) is 3.05. The SMILES string of the molecule is CN1CCN(CC2CCC(C)(C)C2O)CC1. The van der Waals surface area contributed by atoms with Crippen molar-refractivity contribution in [3.8, 4) is 0 Å². The van der Waals surface area contributed by atoms with Crippen LogP contribution in [0.4, 0.5) is 0 Å². The van der Waals surface area contributed by atoms with Gasteiger partial charge < -0.3 is 14.9 Å². The second-order valence-corrected chi connectivity index (χ2v) is 6.34. The maximum absolute atomic E-state index is 10.3. The summed E-state index contributed by atoms with van der Waals surface area (Å²) in [6.07, 6.45) is 2.26. The first-order chi connectivity index (χ1) is 7.49. The van der Waals surface area contributed by atoms with E-state index in [2.05, 4.69) is 30.7 Å². The molecular weight excluding hydrogens is 200 g/mol. The molecule has 0 bridgehead atoms. The molecule has 0 amide bonds. The summed E-state index contributed by atoms with van der Waals surface area (Å²) in [6.45, 7) is 10.2. The van der Waals surface area contributed by atoms with Gasteiger partial charge in [-0.15, -0.1) is 0 Å². The van der Waals surface area contributed by atoms with Crippen LogP contribution in [0.25, 0.3) is 0 Å². The summed E-state index contributed by atoms with van der Waals surface area (Å²) in [5.74, 6) is 0.499. The molecule has 0 aromatic rings. The highest BCUT2D eigenvalue weighted by Gasteiger charge is 2.41. The van der Waals surface area contributed by atoms with E-state index in [1.165, 1.54) is 39.0 Å². The molecule has 1 aliphatic heterocycles. The van der Waals surface area contributed by atoms with Crippen LogP contribution >= 0.6 is 0 Å². The zero-order valence-electron chi connectivity index (χ0n) is 10.9. The van der Waals surface area contributed by atoms with Crippen LogP contribution in [-0.4, -0.2) is 60.8 Å². The molecular formula is C13H26N2O. The standard InChI is InChI=1S/C13H26N2O/c1-13(2)5-4-11(12(13)16)10-15-8-6-14(3)7-9-15/h11-12,16H,4-10H2,1-3H3. The van der Waals surface area contributed by atoms with E-state index in [9.17, 15) is 5.11 Å². The van der Waals surface area contributed by atoms with Crippen molar-refractivity contribution in [3.63, 3.8) is 0 Å². The van der Waals surface area contributed by atoms with Crippen molar-refractivity contribution >= 4 is 0 Å². The average molecular weight is 226 g/mol. The number of nitrogens with zero attached hydrogens (tertiary/aromatic N) is 2. The lowest BCUT2D eigenvalue weighted by molar-refractivity contribution is 0.0262. The van der Waals surface area contributed by atoms with Crippen LogP contribution in [0, 0.1) is 11.3 Å². The van der Waals surface area contributed by atoms with Gasteiger partial charge in [0, 0.05) is 32.7 Å². The Balaban J connectivity index is 1.82. The molecule has 0 radical (unpaired) electrons. The number of hydrogen-bond acceptors (Lipinski definition) is 3. The predicted octanol–water partition coefficient (Wildman–Crippen LogP) is 1.03. The van der Waals surface area contributed by atoms with Crippen molar-refractivity contribution < 1.29 is 5.11 Å². The van der Waals surface area contributed by atoms with Crippen molar-refractivity contribution in [3.05, 3.63) is 0 Å². The normalized spacial score (nSPS) is 36.8. The maximum Gasteiger partial charge on any atom is 0.0631 e. The molecule has 16 heavy (non-hydrogen) atoms. The molecule has 2 rings (SSSR count). The van der Waals surface area contributed by atoms with Crippen molar-refractivity contribution in [1.82, 2.24) is 9.80 Å². The zero-order valence-corrected chi connectivity index (χ0v) is 10.9. The highest BCUT2D eigenvalue weighted by atomic mass is 16.3. The lowest BCUT2D eigenvalue weighted by Gasteiger charge is -2.35. The number of likely N-dealkylation sites (N-methyl/N-ethyl adjacent to an activating group) is 1. The van der Waals surface area contributed by atoms with Gasteiger partial charge in [-0.3, -0.25) is 0 Å². The van der Waals surface area contributed by atoms with Crippen molar-refractivity contribution in [2.75, 3.05) is 39.8 Å². The lowest BCUT2D eigenvalue weighted by atomic mass is 9.87. The Bertz CT molecular complexity index is 234. The monoisotopic (exact) mass is 226 g/mol. The van der Waals surface area contributed by atoms with Crippen LogP contribution in [0.5, 0.6) is 0 Å². The molecule has 1 saturated carbocycles. The maximum atomic E-state index is 10.3. The molecule has 2 atom stereocenters. The Morgan fingerprint density at radius 2 is 1.81 bits per heavy atom. The van der Waals surface area contributed by atoms with Crippen LogP contribution < -0.4 is 0 Å².